The number of aliphatic hydroxyl groups excluding tert-OH is 6. The van der Waals surface area contributed by atoms with Gasteiger partial charge < -0.3 is 45.4 Å². The van der Waals surface area contributed by atoms with Gasteiger partial charge in [-0.05, 0) is 77.0 Å². The molecular formula is C66H121NO9. The normalized spacial score (nSPS) is 19.6. The summed E-state index contributed by atoms with van der Waals surface area (Å²) in [5.74, 6) is -0.630. The van der Waals surface area contributed by atoms with Gasteiger partial charge in [0.05, 0.1) is 25.4 Å². The van der Waals surface area contributed by atoms with Crippen molar-refractivity contribution in [3.05, 3.63) is 60.8 Å². The summed E-state index contributed by atoms with van der Waals surface area (Å²) >= 11 is 0. The van der Waals surface area contributed by atoms with E-state index < -0.39 is 61.5 Å². The van der Waals surface area contributed by atoms with Crippen LogP contribution >= 0.6 is 0 Å². The molecule has 10 nitrogen and oxygen atoms in total. The maximum atomic E-state index is 13.1. The number of carbonyl (C=O) groups excluding carboxylic acids is 1. The number of hydrogen-bond donors (Lipinski definition) is 7. The Hall–Kier alpha value is -2.15. The van der Waals surface area contributed by atoms with Gasteiger partial charge in [-0.1, -0.05) is 274 Å². The first kappa shape index (κ1) is 71.9. The molecule has 7 N–H and O–H groups in total. The lowest BCUT2D eigenvalue weighted by atomic mass is 9.99. The molecule has 1 fully saturated rings. The Kier molecular flexibility index (Phi) is 51.8. The fourth-order valence-electron chi connectivity index (χ4n) is 9.99. The van der Waals surface area contributed by atoms with Crippen LogP contribution in [0.2, 0.25) is 0 Å². The van der Waals surface area contributed by atoms with Gasteiger partial charge in [-0.15, -0.1) is 0 Å². The van der Waals surface area contributed by atoms with E-state index >= 15 is 0 Å². The minimum absolute atomic E-state index is 0.300. The molecule has 444 valence electrons. The minimum Gasteiger partial charge on any atom is -0.394 e. The zero-order chi connectivity index (χ0) is 55.2. The van der Waals surface area contributed by atoms with Gasteiger partial charge >= 0.3 is 0 Å². The van der Waals surface area contributed by atoms with Crippen LogP contribution in [0.15, 0.2) is 60.8 Å². The van der Waals surface area contributed by atoms with Crippen LogP contribution < -0.4 is 5.32 Å². The van der Waals surface area contributed by atoms with E-state index in [9.17, 15) is 35.4 Å². The van der Waals surface area contributed by atoms with E-state index in [-0.39, 0.29) is 6.61 Å². The number of rotatable bonds is 55. The molecule has 0 bridgehead atoms. The van der Waals surface area contributed by atoms with Gasteiger partial charge in [0.2, 0.25) is 5.91 Å². The predicted molar refractivity (Wildman–Crippen MR) is 319 cm³/mol. The fourth-order valence-corrected chi connectivity index (χ4v) is 9.99. The fraction of sp³-hybridized carbons (Fsp3) is 0.833. The highest BCUT2D eigenvalue weighted by atomic mass is 16.7. The van der Waals surface area contributed by atoms with E-state index in [0.29, 0.717) is 19.3 Å². The lowest BCUT2D eigenvalue weighted by molar-refractivity contribution is -0.302. The number of unbranched alkanes of at least 4 members (excludes halogenated alkanes) is 36. The molecule has 1 rings (SSSR count). The summed E-state index contributed by atoms with van der Waals surface area (Å²) in [5.41, 5.74) is 0. The summed E-state index contributed by atoms with van der Waals surface area (Å²) in [6.07, 6.45) is 65.2. The number of hydrogen-bond acceptors (Lipinski definition) is 9. The Labute approximate surface area is 467 Å². The number of aliphatic hydroxyl groups is 6. The molecular weight excluding hydrogens is 951 g/mol. The van der Waals surface area contributed by atoms with E-state index in [1.165, 1.54) is 205 Å². The van der Waals surface area contributed by atoms with Gasteiger partial charge in [0.25, 0.3) is 0 Å². The molecule has 0 aromatic carbocycles. The van der Waals surface area contributed by atoms with Crippen LogP contribution in [-0.2, 0) is 14.3 Å². The molecule has 10 heteroatoms. The van der Waals surface area contributed by atoms with E-state index in [1.807, 2.05) is 6.08 Å². The first-order chi connectivity index (χ1) is 37.3. The van der Waals surface area contributed by atoms with Gasteiger partial charge in [-0.25, -0.2) is 0 Å². The quantitative estimate of drug-likeness (QED) is 0.0232. The highest BCUT2D eigenvalue weighted by Crippen LogP contribution is 2.23. The number of allylic oxidation sites excluding steroid dienone is 9. The summed E-state index contributed by atoms with van der Waals surface area (Å²) in [5, 5.41) is 64.9. The van der Waals surface area contributed by atoms with E-state index in [1.54, 1.807) is 6.08 Å². The second-order valence-corrected chi connectivity index (χ2v) is 22.3. The van der Waals surface area contributed by atoms with Crippen molar-refractivity contribution in [2.45, 2.75) is 339 Å². The predicted octanol–water partition coefficient (Wildman–Crippen LogP) is 15.6. The lowest BCUT2D eigenvalue weighted by Crippen LogP contribution is -2.60. The van der Waals surface area contributed by atoms with Crippen LogP contribution in [0.5, 0.6) is 0 Å². The molecule has 0 saturated carbocycles. The van der Waals surface area contributed by atoms with Gasteiger partial charge in [-0.3, -0.25) is 4.79 Å². The van der Waals surface area contributed by atoms with Crippen LogP contribution in [0.3, 0.4) is 0 Å². The summed E-state index contributed by atoms with van der Waals surface area (Å²) in [6, 6.07) is -1.00. The Morgan fingerprint density at radius 1 is 0.461 bits per heavy atom. The van der Waals surface area contributed by atoms with Crippen molar-refractivity contribution in [3.63, 3.8) is 0 Å². The van der Waals surface area contributed by atoms with Crippen LogP contribution in [0.4, 0.5) is 0 Å². The summed E-state index contributed by atoms with van der Waals surface area (Å²) in [4.78, 5) is 13.1. The summed E-state index contributed by atoms with van der Waals surface area (Å²) in [6.45, 7) is 3.57. The molecule has 0 spiro atoms. The van der Waals surface area contributed by atoms with Crippen LogP contribution in [-0.4, -0.2) is 98.7 Å². The second kappa shape index (κ2) is 54.8. The Morgan fingerprint density at radius 3 is 1.25 bits per heavy atom. The number of carbonyl (C=O) groups is 1. The lowest BCUT2D eigenvalue weighted by Gasteiger charge is -2.40. The minimum atomic E-state index is -1.62. The average molecular weight is 1070 g/mol. The number of amides is 1. The third-order valence-electron chi connectivity index (χ3n) is 15.2. The van der Waals surface area contributed by atoms with E-state index in [2.05, 4.69) is 67.8 Å². The molecule has 1 amide bonds. The smallest absolute Gasteiger partial charge is 0.249 e. The van der Waals surface area contributed by atoms with Gasteiger partial charge in [0, 0.05) is 0 Å². The molecule has 0 aliphatic carbocycles. The SMILES string of the molecule is CCCCC/C=C/CC/C=C/CC/C=C/C(O)C(COC1OC(CO)C(O)C(O)C1O)NC(=O)C(O)CCCCCCCCCCCCCCCCCC/C=C\C/C=C\CCCCCCCCCCCCCCCCC. The van der Waals surface area contributed by atoms with Crippen LogP contribution in [0.1, 0.15) is 290 Å². The van der Waals surface area contributed by atoms with E-state index in [0.717, 1.165) is 51.4 Å². The van der Waals surface area contributed by atoms with Gasteiger partial charge in [0.1, 0.15) is 30.5 Å². The second-order valence-electron chi connectivity index (χ2n) is 22.3. The number of nitrogens with one attached hydrogen (secondary N) is 1. The maximum absolute atomic E-state index is 13.1. The molecule has 1 aliphatic rings. The molecule has 0 radical (unpaired) electrons. The largest absolute Gasteiger partial charge is 0.394 e. The van der Waals surface area contributed by atoms with E-state index in [4.69, 9.17) is 9.47 Å². The zero-order valence-corrected chi connectivity index (χ0v) is 49.1. The Bertz CT molecular complexity index is 1400. The first-order valence-corrected chi connectivity index (χ1v) is 32.1. The Balaban J connectivity index is 2.10. The third kappa shape index (κ3) is 42.8. The van der Waals surface area contributed by atoms with Crippen molar-refractivity contribution in [1.82, 2.24) is 5.32 Å². The maximum Gasteiger partial charge on any atom is 0.249 e. The molecule has 76 heavy (non-hydrogen) atoms. The highest BCUT2D eigenvalue weighted by Gasteiger charge is 2.44. The van der Waals surface area contributed by atoms with Crippen molar-refractivity contribution >= 4 is 5.91 Å². The molecule has 8 unspecified atom stereocenters. The highest BCUT2D eigenvalue weighted by molar-refractivity contribution is 5.80. The van der Waals surface area contributed by atoms with Crippen molar-refractivity contribution in [2.24, 2.45) is 0 Å². The number of ether oxygens (including phenoxy) is 2. The monoisotopic (exact) mass is 1070 g/mol. The standard InChI is InChI=1S/C66H121NO9/c1-3-5-7-9-11-13-15-17-18-19-20-21-22-23-24-25-26-27-28-29-30-31-32-33-34-35-36-37-38-39-40-41-43-45-47-49-51-53-55-60(70)65(74)67-58(57-75-66-64(73)63(72)62(71)61(56-68)76-66)59(69)54-52-50-48-46-44-42-16-14-12-10-8-6-4-2/h12,14,26-27,29-30,44,46,52,54,58-64,66,68-73H,3-11,13,15-25,28,31-43,45,47-51,53,55-57H2,1-2H3,(H,67,74)/b14-12+,27-26-,30-29-,46-44+,54-52+. The van der Waals surface area contributed by atoms with Crippen molar-refractivity contribution in [2.75, 3.05) is 13.2 Å². The summed E-state index contributed by atoms with van der Waals surface area (Å²) in [7, 11) is 0. The third-order valence-corrected chi connectivity index (χ3v) is 15.2. The molecule has 1 saturated heterocycles. The van der Waals surface area contributed by atoms with Crippen molar-refractivity contribution < 1.29 is 44.9 Å². The molecule has 8 atom stereocenters. The molecule has 0 aromatic rings. The van der Waals surface area contributed by atoms with Crippen molar-refractivity contribution in [1.29, 1.82) is 0 Å². The molecule has 1 heterocycles. The van der Waals surface area contributed by atoms with Crippen LogP contribution in [0, 0.1) is 0 Å². The molecule has 0 aromatic heterocycles. The van der Waals surface area contributed by atoms with Gasteiger partial charge in [0.15, 0.2) is 6.29 Å². The topological polar surface area (TPSA) is 169 Å². The average Bonchev–Trinajstić information content (AvgIpc) is 3.42. The zero-order valence-electron chi connectivity index (χ0n) is 49.1. The first-order valence-electron chi connectivity index (χ1n) is 32.1. The summed E-state index contributed by atoms with van der Waals surface area (Å²) < 4.78 is 11.2. The van der Waals surface area contributed by atoms with Crippen molar-refractivity contribution in [3.8, 4) is 0 Å². The van der Waals surface area contributed by atoms with Crippen LogP contribution in [0.25, 0.3) is 0 Å². The Morgan fingerprint density at radius 2 is 0.816 bits per heavy atom. The molecule has 1 aliphatic heterocycles. The van der Waals surface area contributed by atoms with Gasteiger partial charge in [-0.2, -0.15) is 0 Å².